The number of carbonyl (C=O) groups excluding carboxylic acids is 1. The molecule has 0 radical (unpaired) electrons. The molecule has 5 rings (SSSR count). The Balaban J connectivity index is 1.89. The first kappa shape index (κ1) is 24.6. The molecule has 0 aliphatic carbocycles. The van der Waals surface area contributed by atoms with E-state index in [-0.39, 0.29) is 52.5 Å². The monoisotopic (exact) mass is 513 g/mol. The van der Waals surface area contributed by atoms with Crippen LogP contribution in [0.25, 0.3) is 27.7 Å². The molecule has 190 valence electrons. The zero-order valence-electron chi connectivity index (χ0n) is 20.3. The summed E-state index contributed by atoms with van der Waals surface area (Å²) in [6.07, 6.45) is 0.0192. The van der Waals surface area contributed by atoms with Crippen molar-refractivity contribution < 1.29 is 23.8 Å². The van der Waals surface area contributed by atoms with Crippen LogP contribution >= 0.6 is 0 Å². The summed E-state index contributed by atoms with van der Waals surface area (Å²) in [5.41, 5.74) is 1.57. The van der Waals surface area contributed by atoms with Crippen LogP contribution in [0, 0.1) is 24.1 Å². The zero-order chi connectivity index (χ0) is 27.1. The summed E-state index contributed by atoms with van der Waals surface area (Å²) in [5, 5.41) is 19.5. The van der Waals surface area contributed by atoms with Gasteiger partial charge in [0.15, 0.2) is 17.3 Å². The highest BCUT2D eigenvalue weighted by Crippen LogP contribution is 2.34. The maximum absolute atomic E-state index is 14.7. The molecule has 38 heavy (non-hydrogen) atoms. The van der Waals surface area contributed by atoms with E-state index in [1.165, 1.54) is 25.3 Å². The van der Waals surface area contributed by atoms with Crippen molar-refractivity contribution >= 4 is 22.8 Å². The third-order valence-corrected chi connectivity index (χ3v) is 6.43. The van der Waals surface area contributed by atoms with Gasteiger partial charge in [-0.05, 0) is 37.3 Å². The molecule has 11 heteroatoms. The normalized spacial score (nSPS) is 15.1. The van der Waals surface area contributed by atoms with Gasteiger partial charge in [-0.25, -0.2) is 14.2 Å². The molecule has 1 fully saturated rings. The molecule has 4 aromatic rings. The number of rotatable bonds is 4. The number of aromatic nitrogens is 3. The Kier molecular flexibility index (Phi) is 6.08. The lowest BCUT2D eigenvalue weighted by atomic mass is 10.00. The first-order valence-corrected chi connectivity index (χ1v) is 11.5. The van der Waals surface area contributed by atoms with E-state index in [9.17, 15) is 29.1 Å². The van der Waals surface area contributed by atoms with E-state index in [0.29, 0.717) is 11.1 Å². The number of carboxylic acid groups (broad SMARTS) is 1. The molecule has 10 nitrogen and oxygen atoms in total. The number of carbonyl (C=O) groups is 2. The Morgan fingerprint density at radius 1 is 1.21 bits per heavy atom. The molecule has 2 aromatic carbocycles. The van der Waals surface area contributed by atoms with Gasteiger partial charge in [-0.1, -0.05) is 6.07 Å². The van der Waals surface area contributed by atoms with Gasteiger partial charge in [-0.3, -0.25) is 24.0 Å². The van der Waals surface area contributed by atoms with Crippen LogP contribution in [0.3, 0.4) is 0 Å². The van der Waals surface area contributed by atoms with E-state index >= 15 is 0 Å². The van der Waals surface area contributed by atoms with Crippen LogP contribution < -0.4 is 10.3 Å². The number of amides is 1. The fourth-order valence-electron chi connectivity index (χ4n) is 4.61. The van der Waals surface area contributed by atoms with Crippen LogP contribution in [-0.4, -0.2) is 50.1 Å². The highest BCUT2D eigenvalue weighted by molar-refractivity contribution is 5.95. The minimum Gasteiger partial charge on any atom is -0.494 e. The number of Topliss-reactive ketones (excluding diaryl/α,β-unsaturated/α-hetero) is 1. The number of ketones is 1. The number of methoxy groups -OCH3 is 1. The van der Waals surface area contributed by atoms with Crippen molar-refractivity contribution in [1.82, 2.24) is 19.4 Å². The topological polar surface area (TPSA) is 138 Å². The summed E-state index contributed by atoms with van der Waals surface area (Å²) in [5.74, 6) is -1.20. The highest BCUT2D eigenvalue weighted by atomic mass is 19.1. The van der Waals surface area contributed by atoms with Gasteiger partial charge in [0.25, 0.3) is 5.56 Å². The van der Waals surface area contributed by atoms with Crippen LogP contribution in [0.4, 0.5) is 9.18 Å². The molecule has 1 N–H and O–H groups in total. The average Bonchev–Trinajstić information content (AvgIpc) is 3.30. The maximum Gasteiger partial charge on any atom is 0.408 e. The first-order chi connectivity index (χ1) is 18.2. The van der Waals surface area contributed by atoms with Crippen molar-refractivity contribution in [3.63, 3.8) is 0 Å². The van der Waals surface area contributed by atoms with Gasteiger partial charge in [0.05, 0.1) is 41.9 Å². The van der Waals surface area contributed by atoms with Crippen LogP contribution in [0.15, 0.2) is 53.5 Å². The Labute approximate surface area is 215 Å². The molecule has 1 saturated heterocycles. The third kappa shape index (κ3) is 4.12. The Hall–Kier alpha value is -5.11. The predicted octanol–water partition coefficient (Wildman–Crippen LogP) is 3.77. The van der Waals surface area contributed by atoms with E-state index in [4.69, 9.17) is 9.72 Å². The van der Waals surface area contributed by atoms with E-state index in [1.807, 2.05) is 13.0 Å². The summed E-state index contributed by atoms with van der Waals surface area (Å²) in [7, 11) is 1.30. The molecule has 1 aliphatic heterocycles. The zero-order valence-corrected chi connectivity index (χ0v) is 20.3. The van der Waals surface area contributed by atoms with Gasteiger partial charge < -0.3 is 9.84 Å². The van der Waals surface area contributed by atoms with Crippen molar-refractivity contribution in [2.45, 2.75) is 19.4 Å². The van der Waals surface area contributed by atoms with Crippen LogP contribution in [-0.2, 0) is 4.79 Å². The summed E-state index contributed by atoms with van der Waals surface area (Å²) in [6, 6.07) is 11.3. The average molecular weight is 513 g/mol. The number of nitrogens with zero attached hydrogens (tertiary/aromatic N) is 5. The number of benzene rings is 2. The fraction of sp³-hybridized carbons (Fsp3) is 0.185. The van der Waals surface area contributed by atoms with E-state index in [0.717, 1.165) is 21.2 Å². The fourth-order valence-corrected chi connectivity index (χ4v) is 4.61. The minimum absolute atomic E-state index is 0.0497. The van der Waals surface area contributed by atoms with Crippen LogP contribution in [0.5, 0.6) is 5.75 Å². The maximum atomic E-state index is 14.7. The van der Waals surface area contributed by atoms with Crippen molar-refractivity contribution in [3.05, 3.63) is 81.9 Å². The second-order valence-electron chi connectivity index (χ2n) is 8.82. The first-order valence-electron chi connectivity index (χ1n) is 11.5. The standard InChI is InChI=1S/C27H20FN5O5/c1-14-3-4-16(12-30-14)19-7-15(11-29)8-20-24(19)31-25(22-10-18(34)13-32(22)27(36)37)33(26(20)35)17-5-6-23(38-2)21(28)9-17/h3-9,12,22H,10,13H2,1-2H3,(H,36,37)/t22-/m0/s1. The molecule has 0 unspecified atom stereocenters. The number of likely N-dealkylation sites (tertiary alicyclic amines) is 1. The number of pyridine rings is 1. The van der Waals surface area contributed by atoms with E-state index < -0.39 is 23.5 Å². The predicted molar refractivity (Wildman–Crippen MR) is 134 cm³/mol. The summed E-state index contributed by atoms with van der Waals surface area (Å²) >= 11 is 0. The lowest BCUT2D eigenvalue weighted by Gasteiger charge is -2.24. The van der Waals surface area contributed by atoms with Crippen molar-refractivity contribution in [2.24, 2.45) is 0 Å². The molecular formula is C27H20FN5O5. The molecule has 1 aliphatic rings. The quantitative estimate of drug-likeness (QED) is 0.435. The lowest BCUT2D eigenvalue weighted by Crippen LogP contribution is -2.34. The molecular weight excluding hydrogens is 493 g/mol. The molecule has 1 amide bonds. The second-order valence-corrected chi connectivity index (χ2v) is 8.82. The molecule has 0 spiro atoms. The summed E-state index contributed by atoms with van der Waals surface area (Å²) in [6.45, 7) is 1.45. The molecule has 1 atom stereocenters. The van der Waals surface area contributed by atoms with Gasteiger partial charge in [-0.2, -0.15) is 5.26 Å². The van der Waals surface area contributed by atoms with Gasteiger partial charge in [0.1, 0.15) is 11.9 Å². The Morgan fingerprint density at radius 2 is 2.00 bits per heavy atom. The van der Waals surface area contributed by atoms with Crippen LogP contribution in [0.1, 0.15) is 29.5 Å². The number of hydrogen-bond donors (Lipinski definition) is 1. The number of nitriles is 1. The van der Waals surface area contributed by atoms with Crippen molar-refractivity contribution in [1.29, 1.82) is 5.26 Å². The van der Waals surface area contributed by atoms with Gasteiger partial charge in [0, 0.05) is 35.5 Å². The molecule has 3 heterocycles. The largest absolute Gasteiger partial charge is 0.494 e. The van der Waals surface area contributed by atoms with Crippen molar-refractivity contribution in [2.75, 3.05) is 13.7 Å². The van der Waals surface area contributed by atoms with E-state index in [2.05, 4.69) is 4.98 Å². The molecule has 2 aromatic heterocycles. The number of ether oxygens (including phenoxy) is 1. The lowest BCUT2D eigenvalue weighted by molar-refractivity contribution is -0.116. The van der Waals surface area contributed by atoms with Crippen LogP contribution in [0.2, 0.25) is 0 Å². The van der Waals surface area contributed by atoms with Gasteiger partial charge in [-0.15, -0.1) is 0 Å². The highest BCUT2D eigenvalue weighted by Gasteiger charge is 2.38. The van der Waals surface area contributed by atoms with Gasteiger partial charge in [0.2, 0.25) is 0 Å². The molecule has 0 bridgehead atoms. The third-order valence-electron chi connectivity index (χ3n) is 6.43. The number of fused-ring (bicyclic) bond motifs is 1. The van der Waals surface area contributed by atoms with E-state index in [1.54, 1.807) is 24.4 Å². The minimum atomic E-state index is -1.36. The Morgan fingerprint density at radius 3 is 2.63 bits per heavy atom. The summed E-state index contributed by atoms with van der Waals surface area (Å²) in [4.78, 5) is 48.3. The number of hydrogen-bond acceptors (Lipinski definition) is 7. The number of aryl methyl sites for hydroxylation is 1. The Bertz CT molecular complexity index is 1730. The second kappa shape index (κ2) is 9.40. The SMILES string of the molecule is COc1ccc(-n2c([C@@H]3CC(=O)CN3C(=O)O)nc3c(-c4ccc(C)nc4)cc(C#N)cc3c2=O)cc1F. The number of halogens is 1. The van der Waals surface area contributed by atoms with Crippen molar-refractivity contribution in [3.8, 4) is 28.6 Å². The molecule has 0 saturated carbocycles. The summed E-state index contributed by atoms with van der Waals surface area (Å²) < 4.78 is 20.8. The van der Waals surface area contributed by atoms with Gasteiger partial charge >= 0.3 is 6.09 Å². The smallest absolute Gasteiger partial charge is 0.408 e.